The zero-order valence-electron chi connectivity index (χ0n) is 14.2. The molecule has 1 heterocycles. The van der Waals surface area contributed by atoms with Gasteiger partial charge in [-0.25, -0.2) is 4.39 Å². The van der Waals surface area contributed by atoms with Crippen LogP contribution in [-0.4, -0.2) is 18.4 Å². The lowest BCUT2D eigenvalue weighted by atomic mass is 10.1. The van der Waals surface area contributed by atoms with Gasteiger partial charge in [0.25, 0.3) is 0 Å². The van der Waals surface area contributed by atoms with E-state index in [0.717, 1.165) is 12.1 Å². The summed E-state index contributed by atoms with van der Waals surface area (Å²) in [6.45, 7) is 2.82. The van der Waals surface area contributed by atoms with E-state index >= 15 is 0 Å². The molecule has 0 aromatic heterocycles. The molecule has 1 aliphatic heterocycles. The second-order valence-corrected chi connectivity index (χ2v) is 6.20. The first-order valence-electron chi connectivity index (χ1n) is 8.51. The maximum atomic E-state index is 13.2. The molecule has 1 atom stereocenters. The van der Waals surface area contributed by atoms with Crippen LogP contribution < -0.4 is 10.2 Å². The average molecular weight is 340 g/mol. The van der Waals surface area contributed by atoms with Crippen LogP contribution in [0.25, 0.3) is 0 Å². The fourth-order valence-electron chi connectivity index (χ4n) is 3.05. The minimum Gasteiger partial charge on any atom is -0.351 e. The Morgan fingerprint density at radius 3 is 2.64 bits per heavy atom. The SMILES string of the molecule is CCc1ccc(N2CC[C@@H](C(=O)NCc3cccc(F)c3)C2=O)cc1. The first-order valence-corrected chi connectivity index (χ1v) is 8.51. The van der Waals surface area contributed by atoms with Crippen molar-refractivity contribution in [3.05, 3.63) is 65.5 Å². The number of carbonyl (C=O) groups is 2. The van der Waals surface area contributed by atoms with Gasteiger partial charge in [-0.2, -0.15) is 0 Å². The minimum atomic E-state index is -0.681. The van der Waals surface area contributed by atoms with Gasteiger partial charge in [0, 0.05) is 18.8 Å². The molecule has 1 fully saturated rings. The van der Waals surface area contributed by atoms with Crippen molar-refractivity contribution in [1.82, 2.24) is 5.32 Å². The van der Waals surface area contributed by atoms with Gasteiger partial charge in [-0.1, -0.05) is 31.2 Å². The Morgan fingerprint density at radius 1 is 1.20 bits per heavy atom. The van der Waals surface area contributed by atoms with E-state index in [1.54, 1.807) is 17.0 Å². The summed E-state index contributed by atoms with van der Waals surface area (Å²) in [7, 11) is 0. The number of anilines is 1. The third-order valence-electron chi connectivity index (χ3n) is 4.53. The number of aryl methyl sites for hydroxylation is 1. The normalized spacial score (nSPS) is 17.0. The topological polar surface area (TPSA) is 49.4 Å². The van der Waals surface area contributed by atoms with Crippen molar-refractivity contribution >= 4 is 17.5 Å². The summed E-state index contributed by atoms with van der Waals surface area (Å²) in [4.78, 5) is 26.6. The van der Waals surface area contributed by atoms with E-state index in [1.165, 1.54) is 17.7 Å². The predicted octanol–water partition coefficient (Wildman–Crippen LogP) is 3.06. The Balaban J connectivity index is 1.61. The molecule has 0 unspecified atom stereocenters. The van der Waals surface area contributed by atoms with Gasteiger partial charge in [0.15, 0.2) is 0 Å². The lowest BCUT2D eigenvalue weighted by molar-refractivity contribution is -0.132. The van der Waals surface area contributed by atoms with Crippen molar-refractivity contribution in [1.29, 1.82) is 0 Å². The zero-order chi connectivity index (χ0) is 17.8. The van der Waals surface area contributed by atoms with Gasteiger partial charge < -0.3 is 10.2 Å². The fourth-order valence-corrected chi connectivity index (χ4v) is 3.05. The second kappa shape index (κ2) is 7.47. The van der Waals surface area contributed by atoms with Crippen molar-refractivity contribution in [3.63, 3.8) is 0 Å². The molecule has 0 radical (unpaired) electrons. The fraction of sp³-hybridized carbons (Fsp3) is 0.300. The van der Waals surface area contributed by atoms with E-state index in [0.29, 0.717) is 18.5 Å². The van der Waals surface area contributed by atoms with Crippen LogP contribution in [0.5, 0.6) is 0 Å². The highest BCUT2D eigenvalue weighted by molar-refractivity contribution is 6.09. The molecular formula is C20H21FN2O2. The number of halogens is 1. The van der Waals surface area contributed by atoms with Crippen molar-refractivity contribution < 1.29 is 14.0 Å². The maximum absolute atomic E-state index is 13.2. The van der Waals surface area contributed by atoms with Crippen LogP contribution >= 0.6 is 0 Å². The van der Waals surface area contributed by atoms with Gasteiger partial charge >= 0.3 is 0 Å². The second-order valence-electron chi connectivity index (χ2n) is 6.20. The van der Waals surface area contributed by atoms with E-state index in [4.69, 9.17) is 0 Å². The highest BCUT2D eigenvalue weighted by Gasteiger charge is 2.37. The van der Waals surface area contributed by atoms with Crippen LogP contribution in [0.2, 0.25) is 0 Å². The summed E-state index contributed by atoms with van der Waals surface area (Å²) in [6.07, 6.45) is 1.43. The van der Waals surface area contributed by atoms with Crippen LogP contribution in [0.3, 0.4) is 0 Å². The Hall–Kier alpha value is -2.69. The summed E-state index contributed by atoms with van der Waals surface area (Å²) < 4.78 is 13.2. The standard InChI is InChI=1S/C20H21FN2O2/c1-2-14-6-8-17(9-7-14)23-11-10-18(20(23)25)19(24)22-13-15-4-3-5-16(21)12-15/h3-9,12,18H,2,10-11,13H2,1H3,(H,22,24)/t18-/m0/s1. The van der Waals surface area contributed by atoms with E-state index in [-0.39, 0.29) is 24.2 Å². The molecule has 25 heavy (non-hydrogen) atoms. The third kappa shape index (κ3) is 3.87. The van der Waals surface area contributed by atoms with Crippen LogP contribution in [0.4, 0.5) is 10.1 Å². The number of amides is 2. The van der Waals surface area contributed by atoms with E-state index in [2.05, 4.69) is 12.2 Å². The summed E-state index contributed by atoms with van der Waals surface area (Å²) in [5, 5.41) is 2.74. The lowest BCUT2D eigenvalue weighted by Gasteiger charge is -2.17. The van der Waals surface area contributed by atoms with Gasteiger partial charge in [-0.05, 0) is 48.2 Å². The summed E-state index contributed by atoms with van der Waals surface area (Å²) in [5.74, 6) is -1.51. The highest BCUT2D eigenvalue weighted by Crippen LogP contribution is 2.26. The number of hydrogen-bond donors (Lipinski definition) is 1. The zero-order valence-corrected chi connectivity index (χ0v) is 14.2. The molecule has 0 saturated carbocycles. The molecule has 130 valence electrons. The molecular weight excluding hydrogens is 319 g/mol. The average Bonchev–Trinajstić information content (AvgIpc) is 3.01. The molecule has 1 N–H and O–H groups in total. The first-order chi connectivity index (χ1) is 12.1. The van der Waals surface area contributed by atoms with Crippen molar-refractivity contribution in [2.45, 2.75) is 26.3 Å². The van der Waals surface area contributed by atoms with Crippen LogP contribution in [0, 0.1) is 11.7 Å². The minimum absolute atomic E-state index is 0.180. The van der Waals surface area contributed by atoms with Crippen molar-refractivity contribution in [2.24, 2.45) is 5.92 Å². The molecule has 0 spiro atoms. The van der Waals surface area contributed by atoms with Gasteiger partial charge in [-0.3, -0.25) is 9.59 Å². The predicted molar refractivity (Wildman–Crippen MR) is 94.5 cm³/mol. The Labute approximate surface area is 146 Å². The van der Waals surface area contributed by atoms with E-state index in [1.807, 2.05) is 24.3 Å². The van der Waals surface area contributed by atoms with E-state index in [9.17, 15) is 14.0 Å². The molecule has 0 bridgehead atoms. The van der Waals surface area contributed by atoms with Crippen molar-refractivity contribution in [3.8, 4) is 0 Å². The Bertz CT molecular complexity index is 774. The molecule has 0 aliphatic carbocycles. The van der Waals surface area contributed by atoms with Gasteiger partial charge in [-0.15, -0.1) is 0 Å². The Morgan fingerprint density at radius 2 is 1.96 bits per heavy atom. The Kier molecular flexibility index (Phi) is 5.12. The monoisotopic (exact) mass is 340 g/mol. The number of hydrogen-bond acceptors (Lipinski definition) is 2. The quantitative estimate of drug-likeness (QED) is 0.851. The van der Waals surface area contributed by atoms with E-state index < -0.39 is 5.92 Å². The number of rotatable bonds is 5. The van der Waals surface area contributed by atoms with Gasteiger partial charge in [0.05, 0.1) is 0 Å². The molecule has 2 aromatic carbocycles. The number of nitrogens with zero attached hydrogens (tertiary/aromatic N) is 1. The maximum Gasteiger partial charge on any atom is 0.239 e. The lowest BCUT2D eigenvalue weighted by Crippen LogP contribution is -2.36. The largest absolute Gasteiger partial charge is 0.351 e. The molecule has 1 saturated heterocycles. The summed E-state index contributed by atoms with van der Waals surface area (Å²) in [6, 6.07) is 13.9. The molecule has 2 aromatic rings. The number of carbonyl (C=O) groups excluding carboxylic acids is 2. The van der Waals surface area contributed by atoms with Crippen molar-refractivity contribution in [2.75, 3.05) is 11.4 Å². The third-order valence-corrected chi connectivity index (χ3v) is 4.53. The molecule has 2 amide bonds. The van der Waals surface area contributed by atoms with Crippen LogP contribution in [-0.2, 0) is 22.6 Å². The molecule has 3 rings (SSSR count). The van der Waals surface area contributed by atoms with Crippen LogP contribution in [0.15, 0.2) is 48.5 Å². The molecule has 5 heteroatoms. The first kappa shape index (κ1) is 17.1. The van der Waals surface area contributed by atoms with Gasteiger partial charge in [0.2, 0.25) is 11.8 Å². The summed E-state index contributed by atoms with van der Waals surface area (Å²) in [5.41, 5.74) is 2.70. The number of nitrogens with one attached hydrogen (secondary N) is 1. The molecule has 1 aliphatic rings. The van der Waals surface area contributed by atoms with Crippen LogP contribution in [0.1, 0.15) is 24.5 Å². The summed E-state index contributed by atoms with van der Waals surface area (Å²) >= 11 is 0. The number of benzene rings is 2. The smallest absolute Gasteiger partial charge is 0.239 e. The highest BCUT2D eigenvalue weighted by atomic mass is 19.1. The van der Waals surface area contributed by atoms with Gasteiger partial charge in [0.1, 0.15) is 11.7 Å². The molecule has 4 nitrogen and oxygen atoms in total.